The molecule has 1 amide bonds. The van der Waals surface area contributed by atoms with Crippen molar-refractivity contribution in [2.45, 2.75) is 69.6 Å². The lowest BCUT2D eigenvalue weighted by atomic mass is 10.00. The average Bonchev–Trinajstić information content (AvgIpc) is 3.55. The molecule has 3 saturated heterocycles. The van der Waals surface area contributed by atoms with Gasteiger partial charge in [0, 0.05) is 75.5 Å². The van der Waals surface area contributed by atoms with E-state index >= 15 is 0 Å². The highest BCUT2D eigenvalue weighted by atomic mass is 16.5. The zero-order valence-corrected chi connectivity index (χ0v) is 26.5. The van der Waals surface area contributed by atoms with Crippen molar-refractivity contribution < 1.29 is 9.53 Å². The molecule has 0 radical (unpaired) electrons. The normalized spacial score (nSPS) is 22.4. The lowest BCUT2D eigenvalue weighted by Gasteiger charge is -2.43. The lowest BCUT2D eigenvalue weighted by Crippen LogP contribution is -2.52. The number of carbonyl (C=O) groups is 1. The van der Waals surface area contributed by atoms with E-state index < -0.39 is 5.91 Å². The van der Waals surface area contributed by atoms with Crippen molar-refractivity contribution in [2.24, 2.45) is 5.73 Å². The molecular formula is C33H46N10O2. The summed E-state index contributed by atoms with van der Waals surface area (Å²) in [6.07, 6.45) is 8.94. The van der Waals surface area contributed by atoms with Gasteiger partial charge in [-0.05, 0) is 81.8 Å². The Hall–Kier alpha value is -3.74. The zero-order valence-electron chi connectivity index (χ0n) is 26.5. The minimum Gasteiger partial charge on any atom is -0.375 e. The van der Waals surface area contributed by atoms with Crippen molar-refractivity contribution in [3.05, 3.63) is 41.7 Å². The quantitative estimate of drug-likeness (QED) is 0.283. The largest absolute Gasteiger partial charge is 0.375 e. The number of carbonyl (C=O) groups excluding carboxylic acids is 1. The SMILES string of the molecule is CCc1cc(Nc2nc(NC3CCOC4(CC4)C3)c(-c3ccn[nH]3)nc2C(N)=O)ccc1N1CCC(N2CCN(C)CC2)CC1. The molecule has 1 spiro atoms. The number of hydrogen-bond donors (Lipinski definition) is 4. The first-order chi connectivity index (χ1) is 21.9. The number of benzene rings is 1. The van der Waals surface area contributed by atoms with Crippen LogP contribution in [0.3, 0.4) is 0 Å². The fraction of sp³-hybridized carbons (Fsp3) is 0.576. The predicted octanol–water partition coefficient (Wildman–Crippen LogP) is 3.61. The van der Waals surface area contributed by atoms with Gasteiger partial charge in [0.05, 0.1) is 11.3 Å². The van der Waals surface area contributed by atoms with E-state index in [0.29, 0.717) is 35.7 Å². The number of nitrogens with one attached hydrogen (secondary N) is 3. The Balaban J connectivity index is 1.11. The Morgan fingerprint density at radius 1 is 1.07 bits per heavy atom. The van der Waals surface area contributed by atoms with E-state index in [4.69, 9.17) is 20.4 Å². The number of aryl methyl sites for hydroxylation is 1. The highest BCUT2D eigenvalue weighted by Crippen LogP contribution is 2.47. The second-order valence-electron chi connectivity index (χ2n) is 13.2. The van der Waals surface area contributed by atoms with Gasteiger partial charge in [-0.15, -0.1) is 0 Å². The van der Waals surface area contributed by atoms with Gasteiger partial charge >= 0.3 is 0 Å². The van der Waals surface area contributed by atoms with Crippen molar-refractivity contribution in [3.8, 4) is 11.4 Å². The van der Waals surface area contributed by atoms with Gasteiger partial charge in [0.2, 0.25) is 0 Å². The van der Waals surface area contributed by atoms with E-state index in [1.54, 1.807) is 6.20 Å². The van der Waals surface area contributed by atoms with E-state index in [-0.39, 0.29) is 17.3 Å². The summed E-state index contributed by atoms with van der Waals surface area (Å²) in [5.41, 5.74) is 10.5. The number of piperazine rings is 1. The number of aromatic amines is 1. The Morgan fingerprint density at radius 3 is 2.56 bits per heavy atom. The fourth-order valence-corrected chi connectivity index (χ4v) is 7.25. The van der Waals surface area contributed by atoms with Crippen LogP contribution in [0.25, 0.3) is 11.4 Å². The van der Waals surface area contributed by atoms with Gasteiger partial charge < -0.3 is 30.9 Å². The number of primary amides is 1. The van der Waals surface area contributed by atoms with Crippen molar-refractivity contribution in [2.75, 3.05) is 68.5 Å². The molecule has 1 atom stereocenters. The molecule has 3 aliphatic heterocycles. The van der Waals surface area contributed by atoms with Crippen LogP contribution in [0.1, 0.15) is 61.5 Å². The maximum Gasteiger partial charge on any atom is 0.271 e. The van der Waals surface area contributed by atoms with Crippen LogP contribution >= 0.6 is 0 Å². The third kappa shape index (κ3) is 6.49. The summed E-state index contributed by atoms with van der Waals surface area (Å²) >= 11 is 0. The number of ether oxygens (including phenoxy) is 1. The van der Waals surface area contributed by atoms with Gasteiger partial charge in [0.25, 0.3) is 5.91 Å². The first-order valence-electron chi connectivity index (χ1n) is 16.6. The first kappa shape index (κ1) is 29.9. The van der Waals surface area contributed by atoms with Gasteiger partial charge in [-0.1, -0.05) is 6.92 Å². The number of amides is 1. The van der Waals surface area contributed by atoms with Crippen molar-refractivity contribution in [1.82, 2.24) is 30.0 Å². The van der Waals surface area contributed by atoms with E-state index in [0.717, 1.165) is 64.0 Å². The van der Waals surface area contributed by atoms with Crippen LogP contribution in [0.2, 0.25) is 0 Å². The third-order valence-corrected chi connectivity index (χ3v) is 10.1. The van der Waals surface area contributed by atoms with Gasteiger partial charge in [-0.25, -0.2) is 9.97 Å². The van der Waals surface area contributed by atoms with Crippen LogP contribution in [0, 0.1) is 0 Å². The van der Waals surface area contributed by atoms with Gasteiger partial charge in [-0.3, -0.25) is 14.8 Å². The van der Waals surface area contributed by atoms with Crippen LogP contribution < -0.4 is 21.3 Å². The number of anilines is 4. The molecule has 1 saturated carbocycles. The van der Waals surface area contributed by atoms with Gasteiger partial charge in [0.1, 0.15) is 5.69 Å². The number of piperidine rings is 1. The van der Waals surface area contributed by atoms with Crippen molar-refractivity contribution in [1.29, 1.82) is 0 Å². The summed E-state index contributed by atoms with van der Waals surface area (Å²) in [5.74, 6) is 0.283. The van der Waals surface area contributed by atoms with Crippen molar-refractivity contribution >= 4 is 28.9 Å². The minimum absolute atomic E-state index is 0.00385. The van der Waals surface area contributed by atoms with Crippen LogP contribution in [0.4, 0.5) is 23.0 Å². The van der Waals surface area contributed by atoms with Gasteiger partial charge in [0.15, 0.2) is 17.3 Å². The Kier molecular flexibility index (Phi) is 8.36. The molecule has 5 N–H and O–H groups in total. The molecule has 45 heavy (non-hydrogen) atoms. The summed E-state index contributed by atoms with van der Waals surface area (Å²) in [5, 5.41) is 14.1. The number of likely N-dealkylation sites (N-methyl/N-ethyl adjacent to an activating group) is 1. The molecule has 0 bridgehead atoms. The molecule has 4 aliphatic rings. The van der Waals surface area contributed by atoms with Crippen LogP contribution in [-0.2, 0) is 11.2 Å². The topological polar surface area (TPSA) is 141 Å². The van der Waals surface area contributed by atoms with E-state index in [1.165, 1.54) is 37.2 Å². The molecule has 1 aliphatic carbocycles. The Labute approximate surface area is 265 Å². The number of nitrogens with zero attached hydrogens (tertiary/aromatic N) is 6. The zero-order chi connectivity index (χ0) is 31.0. The Bertz CT molecular complexity index is 1490. The second-order valence-corrected chi connectivity index (χ2v) is 13.2. The molecular weight excluding hydrogens is 568 g/mol. The number of H-pyrrole nitrogens is 1. The standard InChI is InChI=1S/C33H46N10O2/c1-3-22-20-23(4-5-27(22)43-13-7-25(8-14-43)42-17-15-41(2)16-18-42)36-32-29(30(34)44)38-28(26-6-12-35-40-26)31(39-32)37-24-9-19-45-33(21-24)10-11-33/h4-6,12,20,24-25H,3,7-11,13-19,21H2,1-2H3,(H2,34,44)(H,35,40)(H2,36,37,39). The predicted molar refractivity (Wildman–Crippen MR) is 176 cm³/mol. The van der Waals surface area contributed by atoms with Crippen LogP contribution in [0.15, 0.2) is 30.5 Å². The minimum atomic E-state index is -0.643. The number of aromatic nitrogens is 4. The molecule has 3 aromatic rings. The lowest BCUT2D eigenvalue weighted by molar-refractivity contribution is -0.00884. The molecule has 12 nitrogen and oxygen atoms in total. The van der Waals surface area contributed by atoms with E-state index in [2.05, 4.69) is 67.7 Å². The molecule has 7 rings (SSSR count). The third-order valence-electron chi connectivity index (χ3n) is 10.1. The summed E-state index contributed by atoms with van der Waals surface area (Å²) in [7, 11) is 2.22. The number of rotatable bonds is 9. The van der Waals surface area contributed by atoms with Crippen molar-refractivity contribution in [3.63, 3.8) is 0 Å². The van der Waals surface area contributed by atoms with Gasteiger partial charge in [-0.2, -0.15) is 5.10 Å². The fourth-order valence-electron chi connectivity index (χ4n) is 7.25. The van der Waals surface area contributed by atoms with Crippen LogP contribution in [0.5, 0.6) is 0 Å². The maximum absolute atomic E-state index is 12.7. The summed E-state index contributed by atoms with van der Waals surface area (Å²) in [6.45, 7) is 9.70. The molecule has 2 aromatic heterocycles. The Morgan fingerprint density at radius 2 is 1.87 bits per heavy atom. The molecule has 1 aromatic carbocycles. The highest BCUT2D eigenvalue weighted by Gasteiger charge is 2.48. The van der Waals surface area contributed by atoms with Crippen LogP contribution in [-0.4, -0.2) is 106 Å². The molecule has 12 heteroatoms. The average molecular weight is 615 g/mol. The maximum atomic E-state index is 12.7. The summed E-state index contributed by atoms with van der Waals surface area (Å²) < 4.78 is 6.04. The van der Waals surface area contributed by atoms with E-state index in [9.17, 15) is 4.79 Å². The second kappa shape index (κ2) is 12.6. The number of nitrogens with two attached hydrogens (primary N) is 1. The molecule has 1 unspecified atom stereocenters. The monoisotopic (exact) mass is 614 g/mol. The number of hydrogen-bond acceptors (Lipinski definition) is 10. The highest BCUT2D eigenvalue weighted by molar-refractivity contribution is 5.97. The first-order valence-corrected chi connectivity index (χ1v) is 16.6. The molecule has 5 heterocycles. The molecule has 4 fully saturated rings. The van der Waals surface area contributed by atoms with E-state index in [1.807, 2.05) is 6.07 Å². The molecule has 240 valence electrons. The summed E-state index contributed by atoms with van der Waals surface area (Å²) in [6, 6.07) is 9.12. The summed E-state index contributed by atoms with van der Waals surface area (Å²) in [4.78, 5) is 30.0. The smallest absolute Gasteiger partial charge is 0.271 e.